The highest BCUT2D eigenvalue weighted by molar-refractivity contribution is 14.1. The first-order valence-electron chi connectivity index (χ1n) is 4.31. The van der Waals surface area contributed by atoms with E-state index < -0.39 is 0 Å². The van der Waals surface area contributed by atoms with Gasteiger partial charge in [0.1, 0.15) is 0 Å². The van der Waals surface area contributed by atoms with Gasteiger partial charge in [-0.05, 0) is 38.4 Å². The Hall–Kier alpha value is 0.715. The van der Waals surface area contributed by atoms with Crippen molar-refractivity contribution < 1.29 is 9.31 Å². The van der Waals surface area contributed by atoms with Gasteiger partial charge in [-0.15, -0.1) is 0 Å². The highest BCUT2D eigenvalue weighted by atomic mass is 127. The molecule has 0 radical (unpaired) electrons. The van der Waals surface area contributed by atoms with Crippen molar-refractivity contribution in [3.63, 3.8) is 0 Å². The molecular weight excluding hydrogens is 266 g/mol. The second-order valence-corrected chi connectivity index (χ2v) is 5.24. The summed E-state index contributed by atoms with van der Waals surface area (Å²) in [4.78, 5) is 0. The van der Waals surface area contributed by atoms with Crippen molar-refractivity contribution in [2.45, 2.75) is 45.2 Å². The van der Waals surface area contributed by atoms with Crippen molar-refractivity contribution in [2.24, 2.45) is 0 Å². The molecule has 0 atom stereocenters. The average Bonchev–Trinajstić information content (AvgIpc) is 2.02. The van der Waals surface area contributed by atoms with Gasteiger partial charge in [-0.25, -0.2) is 0 Å². The van der Waals surface area contributed by atoms with E-state index >= 15 is 0 Å². The summed E-state index contributed by atoms with van der Waals surface area (Å²) in [7, 11) is -0.00750. The van der Waals surface area contributed by atoms with Gasteiger partial charge in [0.05, 0.1) is 11.2 Å². The Morgan fingerprint density at radius 2 is 1.50 bits per heavy atom. The first-order chi connectivity index (χ1) is 5.39. The summed E-state index contributed by atoms with van der Waals surface area (Å²) >= 11 is 2.34. The fourth-order valence-corrected chi connectivity index (χ4v) is 1.68. The number of rotatable bonds is 2. The lowest BCUT2D eigenvalue weighted by molar-refractivity contribution is 0.00578. The van der Waals surface area contributed by atoms with E-state index in [0.717, 1.165) is 10.7 Å². The van der Waals surface area contributed by atoms with Crippen LogP contribution in [0.1, 0.15) is 27.7 Å². The van der Waals surface area contributed by atoms with Crippen LogP contribution in [0.4, 0.5) is 0 Å². The molecule has 4 heteroatoms. The second kappa shape index (κ2) is 3.46. The molecule has 0 amide bonds. The standard InChI is InChI=1S/C8H16BIO2/c1-7(2)8(3,4)12-9(11-7)5-6-10/h5-6H2,1-4H3. The van der Waals surface area contributed by atoms with Crippen LogP contribution in [0.5, 0.6) is 0 Å². The molecule has 0 N–H and O–H groups in total. The normalized spacial score (nSPS) is 26.2. The molecule has 0 unspecified atom stereocenters. The number of alkyl halides is 1. The predicted octanol–water partition coefficient (Wildman–Crippen LogP) is 2.51. The molecule has 0 aromatic heterocycles. The molecule has 1 aliphatic heterocycles. The van der Waals surface area contributed by atoms with Crippen LogP contribution in [0.15, 0.2) is 0 Å². The van der Waals surface area contributed by atoms with Gasteiger partial charge in [-0.3, -0.25) is 0 Å². The molecule has 2 nitrogen and oxygen atoms in total. The van der Waals surface area contributed by atoms with Crippen molar-refractivity contribution >= 4 is 29.7 Å². The lowest BCUT2D eigenvalue weighted by atomic mass is 9.87. The van der Waals surface area contributed by atoms with Gasteiger partial charge in [0.25, 0.3) is 0 Å². The van der Waals surface area contributed by atoms with E-state index in [4.69, 9.17) is 9.31 Å². The highest BCUT2D eigenvalue weighted by Gasteiger charge is 2.50. The zero-order valence-corrected chi connectivity index (χ0v) is 10.3. The lowest BCUT2D eigenvalue weighted by Crippen LogP contribution is -2.41. The molecule has 0 aliphatic carbocycles. The number of halogens is 1. The van der Waals surface area contributed by atoms with Crippen molar-refractivity contribution in [2.75, 3.05) is 4.43 Å². The van der Waals surface area contributed by atoms with Crippen LogP contribution in [0, 0.1) is 0 Å². The summed E-state index contributed by atoms with van der Waals surface area (Å²) in [6, 6.07) is 0. The molecule has 1 saturated heterocycles. The monoisotopic (exact) mass is 282 g/mol. The maximum absolute atomic E-state index is 5.78. The van der Waals surface area contributed by atoms with Crippen LogP contribution >= 0.6 is 22.6 Å². The Morgan fingerprint density at radius 1 is 1.08 bits per heavy atom. The maximum Gasteiger partial charge on any atom is 0.458 e. The summed E-state index contributed by atoms with van der Waals surface area (Å²) in [5, 5.41) is 0. The maximum atomic E-state index is 5.78. The van der Waals surface area contributed by atoms with Gasteiger partial charge in [-0.1, -0.05) is 22.6 Å². The van der Waals surface area contributed by atoms with Gasteiger partial charge in [-0.2, -0.15) is 0 Å². The lowest BCUT2D eigenvalue weighted by Gasteiger charge is -2.32. The average molecular weight is 282 g/mol. The minimum absolute atomic E-state index is 0.00750. The zero-order valence-electron chi connectivity index (χ0n) is 8.19. The van der Waals surface area contributed by atoms with Gasteiger partial charge < -0.3 is 9.31 Å². The molecule has 0 spiro atoms. The van der Waals surface area contributed by atoms with Gasteiger partial charge in [0, 0.05) is 0 Å². The third-order valence-corrected chi connectivity index (χ3v) is 3.27. The van der Waals surface area contributed by atoms with Crippen molar-refractivity contribution in [1.82, 2.24) is 0 Å². The SMILES string of the molecule is CC1(C)OB(CCI)OC1(C)C. The molecule has 12 heavy (non-hydrogen) atoms. The molecular formula is C8H16BIO2. The highest BCUT2D eigenvalue weighted by Crippen LogP contribution is 2.37. The van der Waals surface area contributed by atoms with E-state index in [2.05, 4.69) is 50.3 Å². The van der Waals surface area contributed by atoms with E-state index in [9.17, 15) is 0 Å². The topological polar surface area (TPSA) is 18.5 Å². The van der Waals surface area contributed by atoms with Crippen LogP contribution in [-0.4, -0.2) is 22.7 Å². The molecule has 1 fully saturated rings. The molecule has 1 aliphatic rings. The number of hydrogen-bond acceptors (Lipinski definition) is 2. The van der Waals surface area contributed by atoms with Crippen LogP contribution in [0.2, 0.25) is 6.32 Å². The fourth-order valence-electron chi connectivity index (χ4n) is 1.17. The smallest absolute Gasteiger partial charge is 0.403 e. The Morgan fingerprint density at radius 3 is 1.83 bits per heavy atom. The van der Waals surface area contributed by atoms with E-state index in [1.165, 1.54) is 0 Å². The van der Waals surface area contributed by atoms with Crippen molar-refractivity contribution in [3.8, 4) is 0 Å². The molecule has 0 aromatic carbocycles. The van der Waals surface area contributed by atoms with Crippen molar-refractivity contribution in [3.05, 3.63) is 0 Å². The summed E-state index contributed by atoms with van der Waals surface area (Å²) < 4.78 is 12.6. The zero-order chi connectivity index (χ0) is 9.41. The van der Waals surface area contributed by atoms with E-state index in [1.807, 2.05) is 0 Å². The number of hydrogen-bond donors (Lipinski definition) is 0. The van der Waals surface area contributed by atoms with Crippen LogP contribution < -0.4 is 0 Å². The quantitative estimate of drug-likeness (QED) is 0.440. The largest absolute Gasteiger partial charge is 0.458 e. The Balaban J connectivity index is 2.61. The second-order valence-electron chi connectivity index (χ2n) is 4.16. The summed E-state index contributed by atoms with van der Waals surface area (Å²) in [5.41, 5.74) is -0.326. The minimum atomic E-state index is -0.163. The fraction of sp³-hybridized carbons (Fsp3) is 1.00. The van der Waals surface area contributed by atoms with Gasteiger partial charge in [0.2, 0.25) is 0 Å². The Labute approximate surface area is 88.7 Å². The third-order valence-electron chi connectivity index (χ3n) is 2.65. The summed E-state index contributed by atoms with van der Waals surface area (Å²) in [6.45, 7) is 8.33. The Bertz CT molecular complexity index is 154. The minimum Gasteiger partial charge on any atom is -0.403 e. The predicted molar refractivity (Wildman–Crippen MR) is 59.8 cm³/mol. The van der Waals surface area contributed by atoms with E-state index in [-0.39, 0.29) is 18.3 Å². The van der Waals surface area contributed by atoms with Crippen LogP contribution in [0.3, 0.4) is 0 Å². The molecule has 0 saturated carbocycles. The molecule has 0 bridgehead atoms. The van der Waals surface area contributed by atoms with Crippen LogP contribution in [0.25, 0.3) is 0 Å². The Kier molecular flexibility index (Phi) is 3.11. The van der Waals surface area contributed by atoms with Gasteiger partial charge >= 0.3 is 7.12 Å². The summed E-state index contributed by atoms with van der Waals surface area (Å²) in [6.07, 6.45) is 0.980. The molecule has 1 rings (SSSR count). The van der Waals surface area contributed by atoms with Crippen LogP contribution in [-0.2, 0) is 9.31 Å². The van der Waals surface area contributed by atoms with Crippen molar-refractivity contribution in [1.29, 1.82) is 0 Å². The van der Waals surface area contributed by atoms with E-state index in [1.54, 1.807) is 0 Å². The molecule has 70 valence electrons. The first kappa shape index (κ1) is 10.8. The molecule has 0 aromatic rings. The molecule has 1 heterocycles. The van der Waals surface area contributed by atoms with Gasteiger partial charge in [0.15, 0.2) is 0 Å². The summed E-state index contributed by atoms with van der Waals surface area (Å²) in [5.74, 6) is 0. The van der Waals surface area contributed by atoms with E-state index in [0.29, 0.717) is 0 Å². The third kappa shape index (κ3) is 1.96. The first-order valence-corrected chi connectivity index (χ1v) is 5.83.